The van der Waals surface area contributed by atoms with Gasteiger partial charge in [0.15, 0.2) is 0 Å². The van der Waals surface area contributed by atoms with E-state index in [1.54, 1.807) is 7.11 Å². The molecule has 0 bridgehead atoms. The summed E-state index contributed by atoms with van der Waals surface area (Å²) in [5, 5.41) is 5.21. The van der Waals surface area contributed by atoms with E-state index in [1.807, 2.05) is 29.5 Å². The van der Waals surface area contributed by atoms with Crippen LogP contribution in [0.2, 0.25) is 0 Å². The fourth-order valence-corrected chi connectivity index (χ4v) is 4.54. The first kappa shape index (κ1) is 18.4. The van der Waals surface area contributed by atoms with Crippen LogP contribution in [-0.2, 0) is 24.2 Å². The maximum Gasteiger partial charge on any atom is 0.220 e. The minimum Gasteiger partial charge on any atom is -0.496 e. The maximum atomic E-state index is 12.1. The van der Waals surface area contributed by atoms with Crippen molar-refractivity contribution in [2.45, 2.75) is 25.8 Å². The molecule has 1 aliphatic rings. The quantitative estimate of drug-likeness (QED) is 0.740. The van der Waals surface area contributed by atoms with Crippen LogP contribution in [0.1, 0.15) is 22.4 Å². The summed E-state index contributed by atoms with van der Waals surface area (Å²) in [6, 6.07) is 8.16. The Morgan fingerprint density at radius 1 is 1.40 bits per heavy atom. The summed E-state index contributed by atoms with van der Waals surface area (Å²) >= 11 is 5.33. The third-order valence-electron chi connectivity index (χ3n) is 4.49. The normalized spacial score (nSPS) is 14.2. The van der Waals surface area contributed by atoms with Crippen molar-refractivity contribution in [1.82, 2.24) is 10.2 Å². The van der Waals surface area contributed by atoms with Gasteiger partial charge in [-0.25, -0.2) is 0 Å². The number of fused-ring (bicyclic) bond motifs is 1. The highest BCUT2D eigenvalue weighted by atomic mass is 79.9. The van der Waals surface area contributed by atoms with Crippen LogP contribution in [0.5, 0.6) is 5.75 Å². The molecular weight excluding hydrogens is 400 g/mol. The van der Waals surface area contributed by atoms with Gasteiger partial charge in [0.25, 0.3) is 0 Å². The zero-order valence-corrected chi connectivity index (χ0v) is 16.8. The average molecular weight is 423 g/mol. The summed E-state index contributed by atoms with van der Waals surface area (Å²) in [7, 11) is 1.65. The van der Waals surface area contributed by atoms with Crippen LogP contribution in [0, 0.1) is 0 Å². The summed E-state index contributed by atoms with van der Waals surface area (Å²) in [5.41, 5.74) is 2.58. The highest BCUT2D eigenvalue weighted by molar-refractivity contribution is 9.10. The summed E-state index contributed by atoms with van der Waals surface area (Å²) in [6.45, 7) is 3.72. The molecule has 0 spiro atoms. The lowest BCUT2D eigenvalue weighted by atomic mass is 10.1. The van der Waals surface area contributed by atoms with Gasteiger partial charge in [0, 0.05) is 37.5 Å². The molecule has 1 amide bonds. The molecule has 1 aromatic carbocycles. The first-order valence-corrected chi connectivity index (χ1v) is 10.2. The van der Waals surface area contributed by atoms with Crippen LogP contribution in [-0.4, -0.2) is 37.6 Å². The maximum absolute atomic E-state index is 12.1. The molecule has 1 aliphatic heterocycles. The minimum absolute atomic E-state index is 0.111. The number of benzene rings is 1. The van der Waals surface area contributed by atoms with Crippen molar-refractivity contribution in [3.8, 4) is 5.75 Å². The van der Waals surface area contributed by atoms with Crippen LogP contribution in [0.3, 0.4) is 0 Å². The van der Waals surface area contributed by atoms with Gasteiger partial charge >= 0.3 is 0 Å². The first-order chi connectivity index (χ1) is 12.2. The third-order valence-corrected chi connectivity index (χ3v) is 6.14. The molecule has 0 fully saturated rings. The van der Waals surface area contributed by atoms with Crippen LogP contribution >= 0.6 is 27.3 Å². The zero-order valence-electron chi connectivity index (χ0n) is 14.4. The SMILES string of the molecule is COc1ccc(CCC(=O)NCCN2CCc3sccc3C2)cc1Br. The van der Waals surface area contributed by atoms with Crippen LogP contribution in [0.4, 0.5) is 0 Å². The van der Waals surface area contributed by atoms with E-state index in [-0.39, 0.29) is 5.91 Å². The van der Waals surface area contributed by atoms with E-state index in [4.69, 9.17) is 4.74 Å². The third kappa shape index (κ3) is 5.06. The molecule has 0 atom stereocenters. The molecule has 6 heteroatoms. The highest BCUT2D eigenvalue weighted by Gasteiger charge is 2.16. The van der Waals surface area contributed by atoms with Gasteiger partial charge in [-0.05, 0) is 63.5 Å². The number of aryl methyl sites for hydroxylation is 1. The van der Waals surface area contributed by atoms with Gasteiger partial charge in [-0.1, -0.05) is 6.07 Å². The predicted molar refractivity (Wildman–Crippen MR) is 105 cm³/mol. The Balaban J connectivity index is 1.36. The second-order valence-corrected chi connectivity index (χ2v) is 8.07. The van der Waals surface area contributed by atoms with Gasteiger partial charge < -0.3 is 10.1 Å². The Labute approximate surface area is 161 Å². The van der Waals surface area contributed by atoms with Gasteiger partial charge in [-0.3, -0.25) is 9.69 Å². The molecule has 2 aromatic rings. The van der Waals surface area contributed by atoms with Crippen molar-refractivity contribution in [3.05, 3.63) is 50.1 Å². The molecule has 0 saturated heterocycles. The second-order valence-electron chi connectivity index (χ2n) is 6.21. The molecule has 0 unspecified atom stereocenters. The fraction of sp³-hybridized carbons (Fsp3) is 0.421. The van der Waals surface area contributed by atoms with Crippen molar-refractivity contribution >= 4 is 33.2 Å². The van der Waals surface area contributed by atoms with Gasteiger partial charge in [0.2, 0.25) is 5.91 Å². The minimum atomic E-state index is 0.111. The first-order valence-electron chi connectivity index (χ1n) is 8.52. The number of rotatable bonds is 7. The number of carbonyl (C=O) groups is 1. The molecule has 2 heterocycles. The molecule has 1 aromatic heterocycles. The Hall–Kier alpha value is -1.37. The number of amides is 1. The van der Waals surface area contributed by atoms with E-state index in [2.05, 4.69) is 37.6 Å². The molecular formula is C19H23BrN2O2S. The van der Waals surface area contributed by atoms with Gasteiger partial charge in [0.1, 0.15) is 5.75 Å². The molecule has 0 radical (unpaired) electrons. The Kier molecular flexibility index (Phi) is 6.51. The molecule has 0 saturated carbocycles. The fourth-order valence-electron chi connectivity index (χ4n) is 3.06. The summed E-state index contributed by atoms with van der Waals surface area (Å²) in [6.07, 6.45) is 2.37. The van der Waals surface area contributed by atoms with E-state index < -0.39 is 0 Å². The number of halogens is 1. The van der Waals surface area contributed by atoms with Crippen LogP contribution in [0.25, 0.3) is 0 Å². The Bertz CT molecular complexity index is 732. The Morgan fingerprint density at radius 3 is 3.08 bits per heavy atom. The number of nitrogens with zero attached hydrogens (tertiary/aromatic N) is 1. The van der Waals surface area contributed by atoms with Gasteiger partial charge in [-0.2, -0.15) is 0 Å². The smallest absolute Gasteiger partial charge is 0.220 e. The molecule has 25 heavy (non-hydrogen) atoms. The van der Waals surface area contributed by atoms with E-state index >= 15 is 0 Å². The van der Waals surface area contributed by atoms with E-state index in [1.165, 1.54) is 10.4 Å². The number of thiophene rings is 1. The lowest BCUT2D eigenvalue weighted by Crippen LogP contribution is -2.37. The summed E-state index contributed by atoms with van der Waals surface area (Å²) in [4.78, 5) is 16.0. The number of carbonyl (C=O) groups excluding carboxylic acids is 1. The zero-order chi connectivity index (χ0) is 17.6. The lowest BCUT2D eigenvalue weighted by molar-refractivity contribution is -0.121. The summed E-state index contributed by atoms with van der Waals surface area (Å²) < 4.78 is 6.14. The monoisotopic (exact) mass is 422 g/mol. The molecule has 0 aliphatic carbocycles. The van der Waals surface area contributed by atoms with Gasteiger partial charge in [0.05, 0.1) is 11.6 Å². The van der Waals surface area contributed by atoms with Gasteiger partial charge in [-0.15, -0.1) is 11.3 Å². The number of hydrogen-bond acceptors (Lipinski definition) is 4. The van der Waals surface area contributed by atoms with Crippen molar-refractivity contribution < 1.29 is 9.53 Å². The van der Waals surface area contributed by atoms with Crippen molar-refractivity contribution in [2.24, 2.45) is 0 Å². The van der Waals surface area contributed by atoms with Crippen LogP contribution < -0.4 is 10.1 Å². The lowest BCUT2D eigenvalue weighted by Gasteiger charge is -2.26. The number of nitrogens with one attached hydrogen (secondary N) is 1. The average Bonchev–Trinajstić information content (AvgIpc) is 3.08. The molecule has 134 valence electrons. The number of ether oxygens (including phenoxy) is 1. The van der Waals surface area contributed by atoms with Crippen molar-refractivity contribution in [3.63, 3.8) is 0 Å². The molecule has 1 N–H and O–H groups in total. The van der Waals surface area contributed by atoms with Crippen molar-refractivity contribution in [2.75, 3.05) is 26.7 Å². The van der Waals surface area contributed by atoms with Crippen LogP contribution in [0.15, 0.2) is 34.1 Å². The standard InChI is InChI=1S/C19H23BrN2O2S/c1-24-17-4-2-14(12-16(17)20)3-5-19(23)21-8-10-22-9-6-18-15(13-22)7-11-25-18/h2,4,7,11-12H,3,5-6,8-10,13H2,1H3,(H,21,23). The second kappa shape index (κ2) is 8.83. The highest BCUT2D eigenvalue weighted by Crippen LogP contribution is 2.26. The van der Waals surface area contributed by atoms with E-state index in [0.29, 0.717) is 13.0 Å². The summed E-state index contributed by atoms with van der Waals surface area (Å²) in [5.74, 6) is 0.920. The largest absolute Gasteiger partial charge is 0.496 e. The predicted octanol–water partition coefficient (Wildman–Crippen LogP) is 3.63. The molecule has 3 rings (SSSR count). The van der Waals surface area contributed by atoms with Crippen molar-refractivity contribution in [1.29, 1.82) is 0 Å². The number of hydrogen-bond donors (Lipinski definition) is 1. The molecule has 4 nitrogen and oxygen atoms in total. The topological polar surface area (TPSA) is 41.6 Å². The Morgan fingerprint density at radius 2 is 2.28 bits per heavy atom. The number of methoxy groups -OCH3 is 1. The van der Waals surface area contributed by atoms with E-state index in [0.717, 1.165) is 48.3 Å². The van der Waals surface area contributed by atoms with E-state index in [9.17, 15) is 4.79 Å².